The van der Waals surface area contributed by atoms with Crippen molar-refractivity contribution < 1.29 is 4.74 Å². The van der Waals surface area contributed by atoms with Crippen molar-refractivity contribution in [3.63, 3.8) is 0 Å². The van der Waals surface area contributed by atoms with Crippen molar-refractivity contribution >= 4 is 0 Å². The molecule has 2 rings (SSSR count). The molecule has 3 nitrogen and oxygen atoms in total. The van der Waals surface area contributed by atoms with E-state index in [1.54, 1.807) is 7.11 Å². The minimum atomic E-state index is -0.00270. The first-order chi connectivity index (χ1) is 11.0. The van der Waals surface area contributed by atoms with E-state index in [4.69, 9.17) is 4.74 Å². The zero-order chi connectivity index (χ0) is 16.7. The molecule has 0 aromatic heterocycles. The van der Waals surface area contributed by atoms with Crippen molar-refractivity contribution in [3.8, 4) is 5.75 Å². The summed E-state index contributed by atoms with van der Waals surface area (Å²) in [5.41, 5.74) is 2.49. The molecule has 0 aliphatic heterocycles. The molecule has 3 heteroatoms. The smallest absolute Gasteiger partial charge is 0.123 e. The van der Waals surface area contributed by atoms with Gasteiger partial charge < -0.3 is 15.4 Å². The van der Waals surface area contributed by atoms with Crippen LogP contribution in [0, 0.1) is 0 Å². The number of nitrogens with one attached hydrogen (secondary N) is 2. The summed E-state index contributed by atoms with van der Waals surface area (Å²) in [7, 11) is 1.71. The highest BCUT2D eigenvalue weighted by molar-refractivity contribution is 5.33. The number of methoxy groups -OCH3 is 1. The maximum atomic E-state index is 5.39. The maximum Gasteiger partial charge on any atom is 0.123 e. The van der Waals surface area contributed by atoms with Crippen molar-refractivity contribution in [2.24, 2.45) is 0 Å². The van der Waals surface area contributed by atoms with Crippen LogP contribution in [0.2, 0.25) is 0 Å². The summed E-state index contributed by atoms with van der Waals surface area (Å²) in [5.74, 6) is 0.934. The first-order valence-corrected chi connectivity index (χ1v) is 8.17. The molecule has 0 spiro atoms. The summed E-state index contributed by atoms with van der Waals surface area (Å²) in [5, 5.41) is 7.22. The zero-order valence-corrected chi connectivity index (χ0v) is 14.6. The summed E-state index contributed by atoms with van der Waals surface area (Å²) in [6.07, 6.45) is 0. The normalized spacial score (nSPS) is 12.9. The van der Waals surface area contributed by atoms with Crippen molar-refractivity contribution in [1.29, 1.82) is 0 Å². The molecule has 0 heterocycles. The third kappa shape index (κ3) is 5.38. The van der Waals surface area contributed by atoms with Crippen LogP contribution in [0.4, 0.5) is 0 Å². The number of ether oxygens (including phenoxy) is 1. The standard InChI is InChI=1S/C20H28N2O/c1-16(17-10-6-5-7-11-17)22-20(2,3)15-21-14-18-12-8-9-13-19(18)23-4/h5-13,16,21-22H,14-15H2,1-4H3. The van der Waals surface area contributed by atoms with Crippen molar-refractivity contribution in [3.05, 3.63) is 65.7 Å². The van der Waals surface area contributed by atoms with Gasteiger partial charge in [0.25, 0.3) is 0 Å². The average Bonchev–Trinajstić information content (AvgIpc) is 2.55. The fourth-order valence-corrected chi connectivity index (χ4v) is 2.82. The largest absolute Gasteiger partial charge is 0.496 e. The minimum absolute atomic E-state index is 0.00270. The van der Waals surface area contributed by atoms with Crippen LogP contribution < -0.4 is 15.4 Å². The lowest BCUT2D eigenvalue weighted by Crippen LogP contribution is -2.48. The lowest BCUT2D eigenvalue weighted by Gasteiger charge is -2.31. The Labute approximate surface area is 140 Å². The number of benzene rings is 2. The van der Waals surface area contributed by atoms with Crippen LogP contribution in [-0.4, -0.2) is 19.2 Å². The highest BCUT2D eigenvalue weighted by Gasteiger charge is 2.20. The van der Waals surface area contributed by atoms with Gasteiger partial charge in [0, 0.05) is 30.2 Å². The van der Waals surface area contributed by atoms with Crippen LogP contribution in [0.3, 0.4) is 0 Å². The van der Waals surface area contributed by atoms with Crippen molar-refractivity contribution in [2.75, 3.05) is 13.7 Å². The third-order valence-corrected chi connectivity index (χ3v) is 3.98. The summed E-state index contributed by atoms with van der Waals surface area (Å²) >= 11 is 0. The van der Waals surface area contributed by atoms with E-state index in [0.29, 0.717) is 6.04 Å². The topological polar surface area (TPSA) is 33.3 Å². The monoisotopic (exact) mass is 312 g/mol. The molecule has 1 unspecified atom stereocenters. The lowest BCUT2D eigenvalue weighted by atomic mass is 10.0. The Kier molecular flexibility index (Phi) is 6.20. The van der Waals surface area contributed by atoms with Crippen LogP contribution in [-0.2, 0) is 6.54 Å². The molecule has 2 N–H and O–H groups in total. The summed E-state index contributed by atoms with van der Waals surface area (Å²) in [6.45, 7) is 8.33. The van der Waals surface area contributed by atoms with Crippen LogP contribution >= 0.6 is 0 Å². The Bertz CT molecular complexity index is 596. The van der Waals surface area contributed by atoms with E-state index in [1.807, 2.05) is 18.2 Å². The molecule has 0 aliphatic rings. The molecule has 2 aromatic carbocycles. The highest BCUT2D eigenvalue weighted by Crippen LogP contribution is 2.18. The van der Waals surface area contributed by atoms with Crippen LogP contribution in [0.15, 0.2) is 54.6 Å². The van der Waals surface area contributed by atoms with E-state index >= 15 is 0 Å². The second-order valence-electron chi connectivity index (χ2n) is 6.58. The van der Waals surface area contributed by atoms with Crippen LogP contribution in [0.25, 0.3) is 0 Å². The van der Waals surface area contributed by atoms with Gasteiger partial charge in [-0.3, -0.25) is 0 Å². The Balaban J connectivity index is 1.86. The summed E-state index contributed by atoms with van der Waals surface area (Å²) < 4.78 is 5.39. The van der Waals surface area contributed by atoms with Gasteiger partial charge in [-0.25, -0.2) is 0 Å². The Hall–Kier alpha value is -1.84. The van der Waals surface area contributed by atoms with E-state index in [9.17, 15) is 0 Å². The van der Waals surface area contributed by atoms with Gasteiger partial charge in [0.05, 0.1) is 7.11 Å². The van der Waals surface area contributed by atoms with Crippen molar-refractivity contribution in [2.45, 2.75) is 38.9 Å². The summed E-state index contributed by atoms with van der Waals surface area (Å²) in [4.78, 5) is 0. The number of hydrogen-bond acceptors (Lipinski definition) is 3. The molecule has 0 bridgehead atoms. The molecule has 0 amide bonds. The maximum absolute atomic E-state index is 5.39. The molecule has 0 saturated carbocycles. The molecule has 0 saturated heterocycles. The van der Waals surface area contributed by atoms with E-state index in [1.165, 1.54) is 11.1 Å². The fraction of sp³-hybridized carbons (Fsp3) is 0.400. The molecule has 0 radical (unpaired) electrons. The molecule has 0 fully saturated rings. The Morgan fingerprint density at radius 2 is 1.65 bits per heavy atom. The average molecular weight is 312 g/mol. The predicted octanol–water partition coefficient (Wildman–Crippen LogP) is 3.91. The molecule has 124 valence electrons. The van der Waals surface area contributed by atoms with Crippen LogP contribution in [0.5, 0.6) is 5.75 Å². The van der Waals surface area contributed by atoms with Gasteiger partial charge in [0.15, 0.2) is 0 Å². The van der Waals surface area contributed by atoms with Gasteiger partial charge >= 0.3 is 0 Å². The summed E-state index contributed by atoms with van der Waals surface area (Å²) in [6, 6.07) is 19.0. The van der Waals surface area contributed by atoms with E-state index in [2.05, 4.69) is 67.8 Å². The highest BCUT2D eigenvalue weighted by atomic mass is 16.5. The van der Waals surface area contributed by atoms with Gasteiger partial charge in [0.2, 0.25) is 0 Å². The molecule has 0 aliphatic carbocycles. The second kappa shape index (κ2) is 8.14. The molecule has 23 heavy (non-hydrogen) atoms. The van der Waals surface area contributed by atoms with Gasteiger partial charge in [-0.15, -0.1) is 0 Å². The van der Waals surface area contributed by atoms with Crippen LogP contribution in [0.1, 0.15) is 37.9 Å². The predicted molar refractivity (Wildman–Crippen MR) is 96.8 cm³/mol. The quantitative estimate of drug-likeness (QED) is 0.775. The molecule has 2 aromatic rings. The molecular formula is C20H28N2O. The Morgan fingerprint density at radius 3 is 2.35 bits per heavy atom. The SMILES string of the molecule is COc1ccccc1CNCC(C)(C)NC(C)c1ccccc1. The number of rotatable bonds is 8. The van der Waals surface area contributed by atoms with E-state index in [-0.39, 0.29) is 5.54 Å². The minimum Gasteiger partial charge on any atom is -0.496 e. The van der Waals surface area contributed by atoms with Crippen molar-refractivity contribution in [1.82, 2.24) is 10.6 Å². The molecule has 1 atom stereocenters. The first-order valence-electron chi connectivity index (χ1n) is 8.17. The number of para-hydroxylation sites is 1. The fourth-order valence-electron chi connectivity index (χ4n) is 2.82. The number of hydrogen-bond donors (Lipinski definition) is 2. The second-order valence-corrected chi connectivity index (χ2v) is 6.58. The molecular weight excluding hydrogens is 284 g/mol. The first kappa shape index (κ1) is 17.5. The lowest BCUT2D eigenvalue weighted by molar-refractivity contribution is 0.328. The van der Waals surface area contributed by atoms with Gasteiger partial charge in [-0.1, -0.05) is 48.5 Å². The van der Waals surface area contributed by atoms with Gasteiger partial charge in [-0.05, 0) is 32.4 Å². The van der Waals surface area contributed by atoms with E-state index < -0.39 is 0 Å². The zero-order valence-electron chi connectivity index (χ0n) is 14.6. The van der Waals surface area contributed by atoms with Gasteiger partial charge in [0.1, 0.15) is 5.75 Å². The van der Waals surface area contributed by atoms with Gasteiger partial charge in [-0.2, -0.15) is 0 Å². The van der Waals surface area contributed by atoms with E-state index in [0.717, 1.165) is 18.8 Å². The Morgan fingerprint density at radius 1 is 1.00 bits per heavy atom. The third-order valence-electron chi connectivity index (χ3n) is 3.98.